The number of nitrogens with one attached hydrogen (secondary N) is 2. The van der Waals surface area contributed by atoms with Gasteiger partial charge in [0.1, 0.15) is 12.0 Å². The molecule has 2 aromatic heterocycles. The second kappa shape index (κ2) is 7.31. The predicted molar refractivity (Wildman–Crippen MR) is 102 cm³/mol. The van der Waals surface area contributed by atoms with Gasteiger partial charge in [-0.05, 0) is 43.3 Å². The summed E-state index contributed by atoms with van der Waals surface area (Å²) in [4.78, 5) is 9.86. The van der Waals surface area contributed by atoms with Gasteiger partial charge in [-0.1, -0.05) is 23.8 Å². The Morgan fingerprint density at radius 1 is 1.12 bits per heavy atom. The SMILES string of the molecule is Cc1ccc(Nc2ncnc(NCCc3cccs3)c2N)c(C)c1. The number of anilines is 4. The average Bonchev–Trinajstić information content (AvgIpc) is 3.06. The quantitative estimate of drug-likeness (QED) is 0.629. The lowest BCUT2D eigenvalue weighted by Gasteiger charge is -2.14. The van der Waals surface area contributed by atoms with Crippen molar-refractivity contribution in [2.75, 3.05) is 22.9 Å². The molecule has 24 heavy (non-hydrogen) atoms. The zero-order chi connectivity index (χ0) is 16.9. The second-order valence-corrected chi connectivity index (χ2v) is 6.72. The Hall–Kier alpha value is -2.60. The van der Waals surface area contributed by atoms with E-state index < -0.39 is 0 Å². The van der Waals surface area contributed by atoms with Crippen molar-refractivity contribution in [2.45, 2.75) is 20.3 Å². The van der Waals surface area contributed by atoms with Gasteiger partial charge in [-0.25, -0.2) is 9.97 Å². The van der Waals surface area contributed by atoms with Crippen LogP contribution in [0.3, 0.4) is 0 Å². The lowest BCUT2D eigenvalue weighted by atomic mass is 10.1. The largest absolute Gasteiger partial charge is 0.393 e. The monoisotopic (exact) mass is 339 g/mol. The lowest BCUT2D eigenvalue weighted by Crippen LogP contribution is -2.10. The number of nitrogens with zero attached hydrogens (tertiary/aromatic N) is 2. The molecule has 5 nitrogen and oxygen atoms in total. The standard InChI is InChI=1S/C18H21N5S/c1-12-5-6-15(13(2)10-12)23-18-16(19)17(21-11-22-18)20-8-7-14-4-3-9-24-14/h3-6,9-11H,7-8,19H2,1-2H3,(H2,20,21,22,23). The maximum absolute atomic E-state index is 6.22. The Bertz CT molecular complexity index is 814. The number of nitrogens with two attached hydrogens (primary N) is 1. The summed E-state index contributed by atoms with van der Waals surface area (Å²) in [5, 5.41) is 8.67. The smallest absolute Gasteiger partial charge is 0.159 e. The zero-order valence-corrected chi connectivity index (χ0v) is 14.7. The Kier molecular flexibility index (Phi) is 4.96. The van der Waals surface area contributed by atoms with E-state index in [0.29, 0.717) is 17.3 Å². The van der Waals surface area contributed by atoms with Crippen molar-refractivity contribution < 1.29 is 0 Å². The van der Waals surface area contributed by atoms with E-state index in [4.69, 9.17) is 5.73 Å². The third-order valence-electron chi connectivity index (χ3n) is 3.76. The Balaban J connectivity index is 1.70. The number of benzene rings is 1. The molecule has 0 radical (unpaired) electrons. The molecule has 0 fully saturated rings. The highest BCUT2D eigenvalue weighted by Crippen LogP contribution is 2.27. The highest BCUT2D eigenvalue weighted by atomic mass is 32.1. The first kappa shape index (κ1) is 16.3. The minimum absolute atomic E-state index is 0.531. The van der Waals surface area contributed by atoms with Gasteiger partial charge in [0.2, 0.25) is 0 Å². The van der Waals surface area contributed by atoms with Crippen LogP contribution in [0.4, 0.5) is 23.0 Å². The molecular weight excluding hydrogens is 318 g/mol. The third kappa shape index (κ3) is 3.83. The number of hydrogen-bond donors (Lipinski definition) is 3. The molecule has 3 aromatic rings. The van der Waals surface area contributed by atoms with E-state index in [0.717, 1.165) is 24.2 Å². The van der Waals surface area contributed by atoms with Gasteiger partial charge in [0.05, 0.1) is 0 Å². The number of rotatable bonds is 6. The van der Waals surface area contributed by atoms with Crippen molar-refractivity contribution in [2.24, 2.45) is 0 Å². The molecule has 0 spiro atoms. The van der Waals surface area contributed by atoms with E-state index in [1.165, 1.54) is 16.8 Å². The summed E-state index contributed by atoms with van der Waals surface area (Å²) >= 11 is 1.75. The fourth-order valence-corrected chi connectivity index (χ4v) is 3.19. The Labute approximate surface area is 146 Å². The highest BCUT2D eigenvalue weighted by molar-refractivity contribution is 7.09. The number of hydrogen-bond acceptors (Lipinski definition) is 6. The average molecular weight is 339 g/mol. The number of thiophene rings is 1. The minimum atomic E-state index is 0.531. The molecule has 0 unspecified atom stereocenters. The molecule has 0 bridgehead atoms. The summed E-state index contributed by atoms with van der Waals surface area (Å²) in [5.74, 6) is 1.28. The summed E-state index contributed by atoms with van der Waals surface area (Å²) in [5.41, 5.74) is 10.1. The summed E-state index contributed by atoms with van der Waals surface area (Å²) in [7, 11) is 0. The molecule has 0 aliphatic rings. The maximum Gasteiger partial charge on any atom is 0.159 e. The van der Waals surface area contributed by atoms with Gasteiger partial charge >= 0.3 is 0 Å². The van der Waals surface area contributed by atoms with Crippen LogP contribution in [0.2, 0.25) is 0 Å². The van der Waals surface area contributed by atoms with Crippen LogP contribution >= 0.6 is 11.3 Å². The first-order chi connectivity index (χ1) is 11.6. The van der Waals surface area contributed by atoms with Gasteiger partial charge in [-0.2, -0.15) is 0 Å². The van der Waals surface area contributed by atoms with Crippen molar-refractivity contribution in [3.05, 3.63) is 58.0 Å². The first-order valence-corrected chi connectivity index (χ1v) is 8.72. The van der Waals surface area contributed by atoms with Crippen molar-refractivity contribution in [3.63, 3.8) is 0 Å². The van der Waals surface area contributed by atoms with E-state index in [1.54, 1.807) is 11.3 Å². The molecule has 1 aromatic carbocycles. The molecule has 0 amide bonds. The molecule has 2 heterocycles. The molecule has 0 saturated heterocycles. The van der Waals surface area contributed by atoms with Gasteiger partial charge in [0.25, 0.3) is 0 Å². The van der Waals surface area contributed by atoms with Crippen molar-refractivity contribution in [1.29, 1.82) is 0 Å². The van der Waals surface area contributed by atoms with Crippen LogP contribution in [0.15, 0.2) is 42.0 Å². The second-order valence-electron chi connectivity index (χ2n) is 5.68. The van der Waals surface area contributed by atoms with E-state index in [-0.39, 0.29) is 0 Å². The van der Waals surface area contributed by atoms with E-state index in [9.17, 15) is 0 Å². The van der Waals surface area contributed by atoms with Crippen LogP contribution in [-0.2, 0) is 6.42 Å². The molecule has 4 N–H and O–H groups in total. The predicted octanol–water partition coefficient (Wildman–Crippen LogP) is 4.14. The van der Waals surface area contributed by atoms with Crippen molar-refractivity contribution >= 4 is 34.3 Å². The Morgan fingerprint density at radius 2 is 1.96 bits per heavy atom. The number of aromatic nitrogens is 2. The minimum Gasteiger partial charge on any atom is -0.393 e. The third-order valence-corrected chi connectivity index (χ3v) is 4.70. The lowest BCUT2D eigenvalue weighted by molar-refractivity contribution is 1.02. The van der Waals surface area contributed by atoms with Crippen molar-refractivity contribution in [1.82, 2.24) is 9.97 Å². The molecule has 124 valence electrons. The molecular formula is C18H21N5S. The van der Waals surface area contributed by atoms with Gasteiger partial charge in [0.15, 0.2) is 11.6 Å². The van der Waals surface area contributed by atoms with E-state index in [1.807, 2.05) is 6.07 Å². The summed E-state index contributed by atoms with van der Waals surface area (Å²) in [6.45, 7) is 4.92. The van der Waals surface area contributed by atoms with Gasteiger partial charge in [-0.15, -0.1) is 11.3 Å². The number of nitrogen functional groups attached to an aromatic ring is 1. The molecule has 0 atom stereocenters. The normalized spacial score (nSPS) is 10.6. The topological polar surface area (TPSA) is 75.9 Å². The van der Waals surface area contributed by atoms with E-state index >= 15 is 0 Å². The fraction of sp³-hybridized carbons (Fsp3) is 0.222. The summed E-state index contributed by atoms with van der Waals surface area (Å²) in [6.07, 6.45) is 2.47. The van der Waals surface area contributed by atoms with Gasteiger partial charge in [0, 0.05) is 17.1 Å². The first-order valence-electron chi connectivity index (χ1n) is 7.84. The highest BCUT2D eigenvalue weighted by Gasteiger charge is 2.09. The van der Waals surface area contributed by atoms with Crippen LogP contribution in [-0.4, -0.2) is 16.5 Å². The maximum atomic E-state index is 6.22. The molecule has 0 aliphatic heterocycles. The molecule has 0 aliphatic carbocycles. The molecule has 6 heteroatoms. The van der Waals surface area contributed by atoms with Crippen LogP contribution < -0.4 is 16.4 Å². The molecule has 3 rings (SSSR count). The van der Waals surface area contributed by atoms with Gasteiger partial charge in [-0.3, -0.25) is 0 Å². The summed E-state index contributed by atoms with van der Waals surface area (Å²) < 4.78 is 0. The summed E-state index contributed by atoms with van der Waals surface area (Å²) in [6, 6.07) is 10.4. The van der Waals surface area contributed by atoms with Gasteiger partial charge < -0.3 is 16.4 Å². The van der Waals surface area contributed by atoms with Crippen LogP contribution in [0.1, 0.15) is 16.0 Å². The van der Waals surface area contributed by atoms with Crippen LogP contribution in [0, 0.1) is 13.8 Å². The zero-order valence-electron chi connectivity index (χ0n) is 13.8. The molecule has 0 saturated carbocycles. The Morgan fingerprint density at radius 3 is 2.71 bits per heavy atom. The number of aryl methyl sites for hydroxylation is 2. The van der Waals surface area contributed by atoms with Crippen LogP contribution in [0.25, 0.3) is 0 Å². The fourth-order valence-electron chi connectivity index (χ4n) is 2.48. The van der Waals surface area contributed by atoms with Crippen molar-refractivity contribution in [3.8, 4) is 0 Å². The van der Waals surface area contributed by atoms with E-state index in [2.05, 4.69) is 64.1 Å². The van der Waals surface area contributed by atoms with Crippen LogP contribution in [0.5, 0.6) is 0 Å².